The molecular weight excluding hydrogens is 428 g/mol. The van der Waals surface area contributed by atoms with Gasteiger partial charge in [0.25, 0.3) is 0 Å². The fraction of sp³-hybridized carbons (Fsp3) is 0.710. The average Bonchev–Trinajstić information content (AvgIpc) is 3.25. The minimum atomic E-state index is 0.332. The molecule has 0 aromatic carbocycles. The molecular formula is C31H50N4. The number of allylic oxidation sites excluding steroid dienone is 4. The molecule has 1 aromatic rings. The predicted molar refractivity (Wildman–Crippen MR) is 150 cm³/mol. The minimum absolute atomic E-state index is 0.332. The largest absolute Gasteiger partial charge is 0.303 e. The van der Waals surface area contributed by atoms with Crippen LogP contribution in [0.5, 0.6) is 0 Å². The quantitative estimate of drug-likeness (QED) is 0.275. The molecule has 1 N–H and O–H groups in total. The second kappa shape index (κ2) is 12.4. The Morgan fingerprint density at radius 2 is 1.86 bits per heavy atom. The van der Waals surface area contributed by atoms with Crippen molar-refractivity contribution in [2.75, 3.05) is 13.6 Å². The predicted octanol–water partition coefficient (Wildman–Crippen LogP) is 7.81. The van der Waals surface area contributed by atoms with E-state index in [1.54, 1.807) is 0 Å². The van der Waals surface area contributed by atoms with Crippen molar-refractivity contribution in [1.29, 1.82) is 5.41 Å². The average molecular weight is 479 g/mol. The first-order valence-corrected chi connectivity index (χ1v) is 14.2. The lowest BCUT2D eigenvalue weighted by atomic mass is 9.77. The van der Waals surface area contributed by atoms with E-state index in [0.717, 1.165) is 37.8 Å². The summed E-state index contributed by atoms with van der Waals surface area (Å²) < 4.78 is 0. The first-order chi connectivity index (χ1) is 16.7. The lowest BCUT2D eigenvalue weighted by Crippen LogP contribution is -2.26. The van der Waals surface area contributed by atoms with Gasteiger partial charge in [-0.1, -0.05) is 50.8 Å². The lowest BCUT2D eigenvalue weighted by Gasteiger charge is -2.28. The van der Waals surface area contributed by atoms with E-state index in [4.69, 9.17) is 9.97 Å². The van der Waals surface area contributed by atoms with Crippen LogP contribution in [0, 0.1) is 11.3 Å². The van der Waals surface area contributed by atoms with Gasteiger partial charge in [0.15, 0.2) is 5.82 Å². The first-order valence-electron chi connectivity index (χ1n) is 14.2. The van der Waals surface area contributed by atoms with E-state index in [-0.39, 0.29) is 0 Å². The molecule has 2 unspecified atom stereocenters. The van der Waals surface area contributed by atoms with E-state index in [1.807, 2.05) is 0 Å². The van der Waals surface area contributed by atoms with E-state index in [0.29, 0.717) is 29.4 Å². The second-order valence-electron chi connectivity index (χ2n) is 11.4. The molecule has 2 atom stereocenters. The van der Waals surface area contributed by atoms with Crippen molar-refractivity contribution in [3.8, 4) is 0 Å². The molecule has 3 rings (SSSR count). The third-order valence-electron chi connectivity index (χ3n) is 8.68. The van der Waals surface area contributed by atoms with Crippen molar-refractivity contribution >= 4 is 5.71 Å². The maximum Gasteiger partial charge on any atom is 0.178 e. The number of aromatic nitrogens is 2. The molecule has 1 fully saturated rings. The fourth-order valence-electron chi connectivity index (χ4n) is 6.32. The highest BCUT2D eigenvalue weighted by molar-refractivity contribution is 6.08. The fourth-order valence-corrected chi connectivity index (χ4v) is 6.32. The Labute approximate surface area is 215 Å². The van der Waals surface area contributed by atoms with E-state index in [1.165, 1.54) is 72.2 Å². The molecule has 0 amide bonds. The Balaban J connectivity index is 2.02. The highest BCUT2D eigenvalue weighted by atomic mass is 15.1. The first kappa shape index (κ1) is 27.8. The summed E-state index contributed by atoms with van der Waals surface area (Å²) in [6.45, 7) is 17.0. The normalized spacial score (nSPS) is 22.2. The molecule has 35 heavy (non-hydrogen) atoms. The molecule has 0 radical (unpaired) electrons. The summed E-state index contributed by atoms with van der Waals surface area (Å²) in [5, 5.41) is 9.34. The zero-order valence-electron chi connectivity index (χ0n) is 23.9. The van der Waals surface area contributed by atoms with Gasteiger partial charge in [0, 0.05) is 17.7 Å². The maximum absolute atomic E-state index is 9.34. The van der Waals surface area contributed by atoms with E-state index >= 15 is 0 Å². The molecule has 194 valence electrons. The van der Waals surface area contributed by atoms with Gasteiger partial charge in [0.2, 0.25) is 0 Å². The van der Waals surface area contributed by atoms with Gasteiger partial charge in [-0.25, -0.2) is 9.97 Å². The Kier molecular flexibility index (Phi) is 9.86. The zero-order chi connectivity index (χ0) is 25.7. The molecule has 1 aliphatic heterocycles. The number of hydrogen-bond donors (Lipinski definition) is 1. The molecule has 1 aliphatic carbocycles. The summed E-state index contributed by atoms with van der Waals surface area (Å²) in [6.07, 6.45) is 11.3. The van der Waals surface area contributed by atoms with Crippen LogP contribution in [0.15, 0.2) is 22.3 Å². The summed E-state index contributed by atoms with van der Waals surface area (Å²) in [5.41, 5.74) is 9.80. The number of aryl methyl sites for hydroxylation is 1. The zero-order valence-corrected chi connectivity index (χ0v) is 23.9. The van der Waals surface area contributed by atoms with Gasteiger partial charge in [-0.15, -0.1) is 0 Å². The van der Waals surface area contributed by atoms with Crippen LogP contribution < -0.4 is 0 Å². The summed E-state index contributed by atoms with van der Waals surface area (Å²) in [6, 6.07) is 0.655. The van der Waals surface area contributed by atoms with Gasteiger partial charge < -0.3 is 4.90 Å². The Hall–Kier alpha value is -1.81. The van der Waals surface area contributed by atoms with Crippen molar-refractivity contribution < 1.29 is 0 Å². The molecule has 0 bridgehead atoms. The number of rotatable bonds is 10. The van der Waals surface area contributed by atoms with Gasteiger partial charge in [0.05, 0.1) is 5.69 Å². The second-order valence-corrected chi connectivity index (χ2v) is 11.4. The Morgan fingerprint density at radius 3 is 2.46 bits per heavy atom. The summed E-state index contributed by atoms with van der Waals surface area (Å²) in [7, 11) is 2.26. The summed E-state index contributed by atoms with van der Waals surface area (Å²) >= 11 is 0. The van der Waals surface area contributed by atoms with Crippen molar-refractivity contribution in [3.05, 3.63) is 45.1 Å². The van der Waals surface area contributed by atoms with Crippen molar-refractivity contribution in [3.63, 3.8) is 0 Å². The van der Waals surface area contributed by atoms with Crippen LogP contribution in [0.3, 0.4) is 0 Å². The van der Waals surface area contributed by atoms with Gasteiger partial charge in [0.1, 0.15) is 5.71 Å². The topological polar surface area (TPSA) is 52.9 Å². The van der Waals surface area contributed by atoms with Crippen LogP contribution in [-0.2, 0) is 12.8 Å². The summed E-state index contributed by atoms with van der Waals surface area (Å²) in [5.74, 6) is 1.44. The van der Waals surface area contributed by atoms with E-state index in [9.17, 15) is 5.41 Å². The molecule has 1 saturated heterocycles. The molecule has 2 aliphatic rings. The summed E-state index contributed by atoms with van der Waals surface area (Å²) in [4.78, 5) is 12.7. The molecule has 4 heteroatoms. The van der Waals surface area contributed by atoms with Crippen molar-refractivity contribution in [1.82, 2.24) is 14.9 Å². The highest BCUT2D eigenvalue weighted by Gasteiger charge is 2.26. The van der Waals surface area contributed by atoms with E-state index < -0.39 is 0 Å². The van der Waals surface area contributed by atoms with Crippen LogP contribution in [0.2, 0.25) is 0 Å². The monoisotopic (exact) mass is 478 g/mol. The Bertz CT molecular complexity index is 968. The van der Waals surface area contributed by atoms with E-state index in [2.05, 4.69) is 60.4 Å². The molecule has 4 nitrogen and oxygen atoms in total. The molecule has 1 aromatic heterocycles. The molecule has 0 spiro atoms. The smallest absolute Gasteiger partial charge is 0.178 e. The number of likely N-dealkylation sites (tertiary alicyclic amines) is 1. The molecule has 0 saturated carbocycles. The minimum Gasteiger partial charge on any atom is -0.303 e. The van der Waals surface area contributed by atoms with Crippen LogP contribution in [0.25, 0.3) is 0 Å². The maximum atomic E-state index is 9.34. The van der Waals surface area contributed by atoms with Crippen LogP contribution in [0.4, 0.5) is 0 Å². The van der Waals surface area contributed by atoms with Gasteiger partial charge in [-0.3, -0.25) is 5.41 Å². The molecule has 2 heterocycles. The highest BCUT2D eigenvalue weighted by Crippen LogP contribution is 2.37. The number of nitrogens with one attached hydrogen (secondary N) is 1. The third-order valence-corrected chi connectivity index (χ3v) is 8.68. The van der Waals surface area contributed by atoms with Crippen molar-refractivity contribution in [2.24, 2.45) is 5.92 Å². The van der Waals surface area contributed by atoms with Crippen LogP contribution in [0.1, 0.15) is 129 Å². The lowest BCUT2D eigenvalue weighted by molar-refractivity contribution is 0.296. The third kappa shape index (κ3) is 6.31. The standard InChI is InChI=1S/C31H50N4/c1-9-13-27(23(7)26-16-11-14-21(5)22(26)6)29(32)31-33-28(18-17-24-15-12-19-35(24)8)25(10-2)30(34-31)20(3)4/h20,24,26,32H,9-19H2,1-8H3/b27-23+,32-29?. The number of nitrogens with zero attached hydrogens (tertiary/aromatic N) is 3. The van der Waals surface area contributed by atoms with Gasteiger partial charge in [-0.05, 0) is 109 Å². The van der Waals surface area contributed by atoms with Gasteiger partial charge >= 0.3 is 0 Å². The van der Waals surface area contributed by atoms with Gasteiger partial charge in [-0.2, -0.15) is 0 Å². The SMILES string of the molecule is CCC/C(C(=N)c1nc(CCC2CCCN2C)c(CC)c(C(C)C)n1)=C(/C)C1CCCC(C)=C1C. The van der Waals surface area contributed by atoms with Crippen LogP contribution in [-0.4, -0.2) is 40.2 Å². The number of hydrogen-bond acceptors (Lipinski definition) is 4. The Morgan fingerprint density at radius 1 is 1.11 bits per heavy atom. The van der Waals surface area contributed by atoms with Crippen LogP contribution >= 0.6 is 0 Å². The van der Waals surface area contributed by atoms with Crippen molar-refractivity contribution in [2.45, 2.75) is 125 Å².